The largest absolute Gasteiger partial charge is 0.489 e. The van der Waals surface area contributed by atoms with Crippen LogP contribution in [0, 0.1) is 5.82 Å². The number of rotatable bonds is 5. The Kier molecular flexibility index (Phi) is 4.52. The van der Waals surface area contributed by atoms with Crippen LogP contribution < -0.4 is 10.5 Å². The zero-order valence-electron chi connectivity index (χ0n) is 9.16. The molecule has 0 unspecified atom stereocenters. The van der Waals surface area contributed by atoms with Crippen LogP contribution >= 0.6 is 0 Å². The summed E-state index contributed by atoms with van der Waals surface area (Å²) in [6.07, 6.45) is 0. The molecule has 0 bridgehead atoms. The van der Waals surface area contributed by atoms with Crippen LogP contribution in [0.3, 0.4) is 0 Å². The molecule has 0 heterocycles. The van der Waals surface area contributed by atoms with Crippen molar-refractivity contribution in [2.24, 2.45) is 5.73 Å². The number of benzene rings is 1. The quantitative estimate of drug-likeness (QED) is 0.797. The highest BCUT2D eigenvalue weighted by atomic mass is 19.1. The van der Waals surface area contributed by atoms with Gasteiger partial charge in [-0.15, -0.1) is 0 Å². The zero-order chi connectivity index (χ0) is 11.3. The predicted molar refractivity (Wildman–Crippen MR) is 58.3 cm³/mol. The molecule has 0 saturated heterocycles. The summed E-state index contributed by atoms with van der Waals surface area (Å²) in [6, 6.07) is 4.99. The summed E-state index contributed by atoms with van der Waals surface area (Å²) in [5, 5.41) is 0. The molecule has 1 aromatic carbocycles. The van der Waals surface area contributed by atoms with Gasteiger partial charge in [-0.2, -0.15) is 0 Å². The first-order valence-electron chi connectivity index (χ1n) is 4.89. The Morgan fingerprint density at radius 3 is 2.67 bits per heavy atom. The molecule has 0 spiro atoms. The predicted octanol–water partition coefficient (Wildman–Crippen LogP) is 1.22. The van der Waals surface area contributed by atoms with E-state index in [0.717, 1.165) is 5.56 Å². The highest BCUT2D eigenvalue weighted by Crippen LogP contribution is 2.18. The number of hydrogen-bond acceptors (Lipinski definition) is 3. The lowest BCUT2D eigenvalue weighted by Gasteiger charge is -2.11. The Balaban J connectivity index is 2.69. The van der Waals surface area contributed by atoms with Crippen molar-refractivity contribution in [3.63, 3.8) is 0 Å². The van der Waals surface area contributed by atoms with Crippen molar-refractivity contribution >= 4 is 0 Å². The van der Waals surface area contributed by atoms with Crippen molar-refractivity contribution in [2.75, 3.05) is 27.2 Å². The summed E-state index contributed by atoms with van der Waals surface area (Å²) < 4.78 is 18.6. The maximum Gasteiger partial charge on any atom is 0.165 e. The molecule has 3 nitrogen and oxygen atoms in total. The van der Waals surface area contributed by atoms with Crippen molar-refractivity contribution in [1.29, 1.82) is 0 Å². The van der Waals surface area contributed by atoms with Gasteiger partial charge in [-0.3, -0.25) is 0 Å². The molecule has 0 saturated carbocycles. The molecule has 2 N–H and O–H groups in total. The van der Waals surface area contributed by atoms with Gasteiger partial charge in [-0.05, 0) is 31.8 Å². The van der Waals surface area contributed by atoms with Gasteiger partial charge in [-0.25, -0.2) is 4.39 Å². The van der Waals surface area contributed by atoms with E-state index in [1.165, 1.54) is 6.07 Å². The molecule has 1 aromatic rings. The van der Waals surface area contributed by atoms with Gasteiger partial charge in [0.1, 0.15) is 6.61 Å². The average molecular weight is 212 g/mol. The molecule has 0 amide bonds. The Labute approximate surface area is 89.6 Å². The summed E-state index contributed by atoms with van der Waals surface area (Å²) in [5.74, 6) is -0.0641. The van der Waals surface area contributed by atoms with Crippen LogP contribution in [-0.4, -0.2) is 32.1 Å². The fourth-order valence-electron chi connectivity index (χ4n) is 1.29. The van der Waals surface area contributed by atoms with Crippen LogP contribution in [-0.2, 0) is 6.54 Å². The van der Waals surface area contributed by atoms with E-state index < -0.39 is 0 Å². The van der Waals surface area contributed by atoms with Crippen molar-refractivity contribution in [2.45, 2.75) is 6.54 Å². The molecule has 0 fully saturated rings. The SMILES string of the molecule is CN(C)Cc1ccc(OCCN)c(F)c1. The molecular formula is C11H17FN2O. The minimum absolute atomic E-state index is 0.267. The fourth-order valence-corrected chi connectivity index (χ4v) is 1.29. The highest BCUT2D eigenvalue weighted by molar-refractivity contribution is 5.29. The highest BCUT2D eigenvalue weighted by Gasteiger charge is 2.04. The molecular weight excluding hydrogens is 195 g/mol. The Hall–Kier alpha value is -1.13. The lowest BCUT2D eigenvalue weighted by atomic mass is 10.2. The van der Waals surface area contributed by atoms with E-state index in [2.05, 4.69) is 0 Å². The molecule has 0 radical (unpaired) electrons. The van der Waals surface area contributed by atoms with Crippen molar-refractivity contribution in [3.05, 3.63) is 29.6 Å². The molecule has 15 heavy (non-hydrogen) atoms. The molecule has 1 rings (SSSR count). The van der Waals surface area contributed by atoms with E-state index in [9.17, 15) is 4.39 Å². The summed E-state index contributed by atoms with van der Waals surface area (Å²) in [5.41, 5.74) is 6.20. The summed E-state index contributed by atoms with van der Waals surface area (Å²) in [6.45, 7) is 1.44. The Morgan fingerprint density at radius 1 is 1.40 bits per heavy atom. The van der Waals surface area contributed by atoms with Gasteiger partial charge in [0.05, 0.1) is 0 Å². The summed E-state index contributed by atoms with van der Waals surface area (Å²) >= 11 is 0. The molecule has 0 aliphatic heterocycles. The average Bonchev–Trinajstić information content (AvgIpc) is 2.15. The van der Waals surface area contributed by atoms with Gasteiger partial charge in [-0.1, -0.05) is 6.07 Å². The molecule has 84 valence electrons. The van der Waals surface area contributed by atoms with Crippen molar-refractivity contribution in [1.82, 2.24) is 4.90 Å². The first-order valence-corrected chi connectivity index (χ1v) is 4.89. The Bertz CT molecular complexity index is 315. The van der Waals surface area contributed by atoms with Crippen LogP contribution in [0.5, 0.6) is 5.75 Å². The Morgan fingerprint density at radius 2 is 2.13 bits per heavy atom. The van der Waals surface area contributed by atoms with Crippen LogP contribution in [0.1, 0.15) is 5.56 Å². The third-order valence-corrected chi connectivity index (χ3v) is 1.87. The van der Waals surface area contributed by atoms with E-state index in [1.54, 1.807) is 6.07 Å². The van der Waals surface area contributed by atoms with E-state index in [0.29, 0.717) is 19.7 Å². The van der Waals surface area contributed by atoms with Crippen LogP contribution in [0.4, 0.5) is 4.39 Å². The standard InChI is InChI=1S/C11H17FN2O/c1-14(2)8-9-3-4-11(10(12)7-9)15-6-5-13/h3-4,7H,5-6,8,13H2,1-2H3. The minimum Gasteiger partial charge on any atom is -0.489 e. The van der Waals surface area contributed by atoms with Gasteiger partial charge in [0.15, 0.2) is 11.6 Å². The monoisotopic (exact) mass is 212 g/mol. The van der Waals surface area contributed by atoms with Crippen LogP contribution in [0.25, 0.3) is 0 Å². The van der Waals surface area contributed by atoms with Gasteiger partial charge >= 0.3 is 0 Å². The van der Waals surface area contributed by atoms with E-state index >= 15 is 0 Å². The number of hydrogen-bond donors (Lipinski definition) is 1. The minimum atomic E-state index is -0.331. The maximum atomic E-state index is 13.4. The van der Waals surface area contributed by atoms with Crippen LogP contribution in [0.15, 0.2) is 18.2 Å². The van der Waals surface area contributed by atoms with Crippen molar-refractivity contribution in [3.8, 4) is 5.75 Å². The third kappa shape index (κ3) is 3.85. The number of ether oxygens (including phenoxy) is 1. The second-order valence-electron chi connectivity index (χ2n) is 3.64. The molecule has 0 atom stereocenters. The van der Waals surface area contributed by atoms with E-state index in [-0.39, 0.29) is 11.6 Å². The first kappa shape index (κ1) is 11.9. The summed E-state index contributed by atoms with van der Waals surface area (Å²) in [7, 11) is 3.88. The lowest BCUT2D eigenvalue weighted by molar-refractivity contribution is 0.310. The fraction of sp³-hybridized carbons (Fsp3) is 0.455. The second kappa shape index (κ2) is 5.68. The first-order chi connectivity index (χ1) is 7.13. The topological polar surface area (TPSA) is 38.5 Å². The molecule has 4 heteroatoms. The third-order valence-electron chi connectivity index (χ3n) is 1.87. The number of halogens is 1. The van der Waals surface area contributed by atoms with E-state index in [4.69, 9.17) is 10.5 Å². The zero-order valence-corrected chi connectivity index (χ0v) is 9.16. The maximum absolute atomic E-state index is 13.4. The lowest BCUT2D eigenvalue weighted by Crippen LogP contribution is -2.12. The van der Waals surface area contributed by atoms with Crippen LogP contribution in [0.2, 0.25) is 0 Å². The van der Waals surface area contributed by atoms with Crippen molar-refractivity contribution < 1.29 is 9.13 Å². The van der Waals surface area contributed by atoms with Gasteiger partial charge in [0, 0.05) is 13.1 Å². The molecule has 0 aromatic heterocycles. The second-order valence-corrected chi connectivity index (χ2v) is 3.64. The summed E-state index contributed by atoms with van der Waals surface area (Å²) in [4.78, 5) is 1.98. The number of nitrogens with zero attached hydrogens (tertiary/aromatic N) is 1. The van der Waals surface area contributed by atoms with Gasteiger partial charge < -0.3 is 15.4 Å². The number of nitrogens with two attached hydrogens (primary N) is 1. The van der Waals surface area contributed by atoms with Gasteiger partial charge in [0.2, 0.25) is 0 Å². The van der Waals surface area contributed by atoms with E-state index in [1.807, 2.05) is 25.1 Å². The molecule has 0 aliphatic rings. The smallest absolute Gasteiger partial charge is 0.165 e. The molecule has 0 aliphatic carbocycles. The van der Waals surface area contributed by atoms with Gasteiger partial charge in [0.25, 0.3) is 0 Å². The normalized spacial score (nSPS) is 10.7.